The number of hydrogen-bond acceptors (Lipinski definition) is 5. The van der Waals surface area contributed by atoms with Gasteiger partial charge in [0.05, 0.1) is 11.3 Å². The molecule has 1 aromatic heterocycles. The van der Waals surface area contributed by atoms with Gasteiger partial charge < -0.3 is 9.84 Å². The Morgan fingerprint density at radius 3 is 2.72 bits per heavy atom. The standard InChI is InChI=1S/C19H24N2O3S/c1-2-15-17(19(22)23)25-18(20-15)14-8-4-5-9-16(14)24-13-12-21-10-6-3-7-11-21/h4-5,8-9H,2-3,6-7,10-13H2,1H3,(H,22,23). The number of para-hydroxylation sites is 1. The van der Waals surface area contributed by atoms with Crippen LogP contribution in [0.2, 0.25) is 0 Å². The summed E-state index contributed by atoms with van der Waals surface area (Å²) in [5.41, 5.74) is 1.50. The molecule has 1 N–H and O–H groups in total. The first-order valence-electron chi connectivity index (χ1n) is 8.86. The van der Waals surface area contributed by atoms with E-state index in [0.29, 0.717) is 28.6 Å². The SMILES string of the molecule is CCc1nc(-c2ccccc2OCCN2CCCCC2)sc1C(=O)O. The minimum Gasteiger partial charge on any atom is -0.492 e. The minimum absolute atomic E-state index is 0.320. The highest BCUT2D eigenvalue weighted by Crippen LogP contribution is 2.34. The first-order chi connectivity index (χ1) is 12.2. The van der Waals surface area contributed by atoms with Crippen LogP contribution in [0.1, 0.15) is 41.6 Å². The van der Waals surface area contributed by atoms with Crippen LogP contribution in [0.4, 0.5) is 0 Å². The Morgan fingerprint density at radius 1 is 1.28 bits per heavy atom. The summed E-state index contributed by atoms with van der Waals surface area (Å²) in [7, 11) is 0. The van der Waals surface area contributed by atoms with Crippen LogP contribution in [0.3, 0.4) is 0 Å². The van der Waals surface area contributed by atoms with Crippen molar-refractivity contribution in [3.8, 4) is 16.3 Å². The summed E-state index contributed by atoms with van der Waals surface area (Å²) in [5.74, 6) is -0.142. The number of likely N-dealkylation sites (tertiary alicyclic amines) is 1. The molecule has 1 aliphatic rings. The van der Waals surface area contributed by atoms with E-state index >= 15 is 0 Å². The zero-order chi connectivity index (χ0) is 17.6. The largest absolute Gasteiger partial charge is 0.492 e. The molecule has 2 aromatic rings. The van der Waals surface area contributed by atoms with Gasteiger partial charge in [-0.1, -0.05) is 25.5 Å². The smallest absolute Gasteiger partial charge is 0.347 e. The molecule has 0 saturated carbocycles. The number of aromatic nitrogens is 1. The topological polar surface area (TPSA) is 62.7 Å². The molecule has 6 heteroatoms. The predicted molar refractivity (Wildman–Crippen MR) is 99.7 cm³/mol. The van der Waals surface area contributed by atoms with E-state index in [1.807, 2.05) is 31.2 Å². The first-order valence-corrected chi connectivity index (χ1v) is 9.68. The van der Waals surface area contributed by atoms with Gasteiger partial charge in [-0.05, 0) is 44.5 Å². The molecule has 1 fully saturated rings. The Hall–Kier alpha value is -1.92. The van der Waals surface area contributed by atoms with Crippen molar-refractivity contribution >= 4 is 17.3 Å². The van der Waals surface area contributed by atoms with Crippen LogP contribution in [0, 0.1) is 0 Å². The molecular weight excluding hydrogens is 336 g/mol. The summed E-state index contributed by atoms with van der Waals surface area (Å²) in [6.45, 7) is 5.78. The second-order valence-electron chi connectivity index (χ2n) is 6.20. The highest BCUT2D eigenvalue weighted by Gasteiger charge is 2.19. The normalized spacial score (nSPS) is 15.2. The molecule has 1 aromatic carbocycles. The number of piperidine rings is 1. The number of hydrogen-bond donors (Lipinski definition) is 1. The van der Waals surface area contributed by atoms with E-state index in [9.17, 15) is 9.90 Å². The molecular formula is C19H24N2O3S. The van der Waals surface area contributed by atoms with Gasteiger partial charge in [0.15, 0.2) is 0 Å². The maximum Gasteiger partial charge on any atom is 0.347 e. The molecule has 1 aliphatic heterocycles. The average Bonchev–Trinajstić information content (AvgIpc) is 3.08. The zero-order valence-corrected chi connectivity index (χ0v) is 15.3. The number of thiazole rings is 1. The van der Waals surface area contributed by atoms with E-state index in [4.69, 9.17) is 4.74 Å². The lowest BCUT2D eigenvalue weighted by atomic mass is 10.1. The zero-order valence-electron chi connectivity index (χ0n) is 14.5. The monoisotopic (exact) mass is 360 g/mol. The van der Waals surface area contributed by atoms with Crippen LogP contribution in [-0.2, 0) is 6.42 Å². The van der Waals surface area contributed by atoms with E-state index in [0.717, 1.165) is 30.9 Å². The van der Waals surface area contributed by atoms with Gasteiger partial charge in [-0.15, -0.1) is 11.3 Å². The van der Waals surface area contributed by atoms with Crippen LogP contribution >= 0.6 is 11.3 Å². The molecule has 0 spiro atoms. The van der Waals surface area contributed by atoms with Crippen molar-refractivity contribution in [2.75, 3.05) is 26.2 Å². The maximum atomic E-state index is 11.4. The molecule has 2 heterocycles. The van der Waals surface area contributed by atoms with Crippen molar-refractivity contribution in [2.45, 2.75) is 32.6 Å². The highest BCUT2D eigenvalue weighted by molar-refractivity contribution is 7.17. The average molecular weight is 360 g/mol. The first kappa shape index (κ1) is 17.9. The van der Waals surface area contributed by atoms with Crippen molar-refractivity contribution in [3.63, 3.8) is 0 Å². The molecule has 0 aliphatic carbocycles. The molecule has 0 radical (unpaired) electrons. The summed E-state index contributed by atoms with van der Waals surface area (Å²) in [6, 6.07) is 7.74. The fraction of sp³-hybridized carbons (Fsp3) is 0.474. The lowest BCUT2D eigenvalue weighted by molar-refractivity contribution is 0.0701. The fourth-order valence-corrected chi connectivity index (χ4v) is 4.13. The molecule has 1 saturated heterocycles. The maximum absolute atomic E-state index is 11.4. The minimum atomic E-state index is -0.913. The molecule has 134 valence electrons. The Kier molecular flexibility index (Phi) is 6.04. The van der Waals surface area contributed by atoms with E-state index in [1.165, 1.54) is 30.6 Å². The van der Waals surface area contributed by atoms with E-state index in [-0.39, 0.29) is 0 Å². The van der Waals surface area contributed by atoms with Gasteiger partial charge in [-0.2, -0.15) is 0 Å². The number of benzene rings is 1. The third-order valence-electron chi connectivity index (χ3n) is 4.46. The van der Waals surface area contributed by atoms with Gasteiger partial charge in [-0.25, -0.2) is 9.78 Å². The molecule has 0 atom stereocenters. The van der Waals surface area contributed by atoms with Gasteiger partial charge in [0.1, 0.15) is 22.2 Å². The number of carboxylic acids is 1. The van der Waals surface area contributed by atoms with Crippen LogP contribution in [0.5, 0.6) is 5.75 Å². The van der Waals surface area contributed by atoms with Gasteiger partial charge in [0.25, 0.3) is 0 Å². The molecule has 3 rings (SSSR count). The van der Waals surface area contributed by atoms with E-state index < -0.39 is 5.97 Å². The second-order valence-corrected chi connectivity index (χ2v) is 7.20. The van der Waals surface area contributed by atoms with Crippen LogP contribution in [-0.4, -0.2) is 47.2 Å². The van der Waals surface area contributed by atoms with Crippen molar-refractivity contribution in [1.29, 1.82) is 0 Å². The van der Waals surface area contributed by atoms with Crippen molar-refractivity contribution < 1.29 is 14.6 Å². The van der Waals surface area contributed by atoms with Gasteiger partial charge in [0.2, 0.25) is 0 Å². The molecule has 0 bridgehead atoms. The van der Waals surface area contributed by atoms with Gasteiger partial charge >= 0.3 is 5.97 Å². The summed E-state index contributed by atoms with van der Waals surface area (Å²) < 4.78 is 6.02. The van der Waals surface area contributed by atoms with Crippen molar-refractivity contribution in [3.05, 3.63) is 34.8 Å². The quantitative estimate of drug-likeness (QED) is 0.810. The summed E-state index contributed by atoms with van der Waals surface area (Å²) in [5, 5.41) is 10.1. The summed E-state index contributed by atoms with van der Waals surface area (Å²) in [4.78, 5) is 18.7. The predicted octanol–water partition coefficient (Wildman–Crippen LogP) is 3.94. The Balaban J connectivity index is 1.73. The molecule has 5 nitrogen and oxygen atoms in total. The van der Waals surface area contributed by atoms with E-state index in [1.54, 1.807) is 0 Å². The van der Waals surface area contributed by atoms with Crippen LogP contribution in [0.15, 0.2) is 24.3 Å². The third-order valence-corrected chi connectivity index (χ3v) is 5.58. The third kappa shape index (κ3) is 4.38. The van der Waals surface area contributed by atoms with Crippen molar-refractivity contribution in [2.24, 2.45) is 0 Å². The summed E-state index contributed by atoms with van der Waals surface area (Å²) >= 11 is 1.22. The van der Waals surface area contributed by atoms with Crippen LogP contribution in [0.25, 0.3) is 10.6 Å². The number of aromatic carboxylic acids is 1. The van der Waals surface area contributed by atoms with E-state index in [2.05, 4.69) is 9.88 Å². The highest BCUT2D eigenvalue weighted by atomic mass is 32.1. The Bertz CT molecular complexity index is 723. The lowest BCUT2D eigenvalue weighted by Gasteiger charge is -2.26. The van der Waals surface area contributed by atoms with Crippen LogP contribution < -0.4 is 4.74 Å². The second kappa shape index (κ2) is 8.45. The lowest BCUT2D eigenvalue weighted by Crippen LogP contribution is -2.33. The number of rotatable bonds is 7. The number of nitrogens with zero attached hydrogens (tertiary/aromatic N) is 2. The molecule has 0 amide bonds. The Morgan fingerprint density at radius 2 is 2.04 bits per heavy atom. The fourth-order valence-electron chi connectivity index (χ4n) is 3.11. The summed E-state index contributed by atoms with van der Waals surface area (Å²) in [6.07, 6.45) is 4.48. The number of carbonyl (C=O) groups is 1. The van der Waals surface area contributed by atoms with Crippen molar-refractivity contribution in [1.82, 2.24) is 9.88 Å². The number of carboxylic acid groups (broad SMARTS) is 1. The Labute approximate surface area is 152 Å². The number of ether oxygens (including phenoxy) is 1. The number of aryl methyl sites for hydroxylation is 1. The molecule has 0 unspecified atom stereocenters. The molecule has 25 heavy (non-hydrogen) atoms. The van der Waals surface area contributed by atoms with Gasteiger partial charge in [0, 0.05) is 6.54 Å². The van der Waals surface area contributed by atoms with Gasteiger partial charge in [-0.3, -0.25) is 4.90 Å².